The molecule has 94 valence electrons. The van der Waals surface area contributed by atoms with Crippen LogP contribution in [0.2, 0.25) is 0 Å². The topological polar surface area (TPSA) is 67.5 Å². The van der Waals surface area contributed by atoms with Crippen LogP contribution in [0.25, 0.3) is 5.65 Å². The average Bonchev–Trinajstić information content (AvgIpc) is 2.80. The van der Waals surface area contributed by atoms with Crippen molar-refractivity contribution in [2.24, 2.45) is 0 Å². The molecule has 3 rings (SSSR count). The predicted molar refractivity (Wildman–Crippen MR) is 69.2 cm³/mol. The summed E-state index contributed by atoms with van der Waals surface area (Å²) in [5, 5.41) is 13.2. The Morgan fingerprint density at radius 1 is 1.26 bits per heavy atom. The summed E-state index contributed by atoms with van der Waals surface area (Å²) in [4.78, 5) is 14.9. The number of hydrogen-bond acceptors (Lipinski definition) is 3. The van der Waals surface area contributed by atoms with Crippen molar-refractivity contribution >= 4 is 11.6 Å². The minimum absolute atomic E-state index is 0.127. The predicted octanol–water partition coefficient (Wildman–Crippen LogP) is 2.02. The molecule has 5 nitrogen and oxygen atoms in total. The molecule has 0 bridgehead atoms. The Morgan fingerprint density at radius 2 is 2.05 bits per heavy atom. The fourth-order valence-electron chi connectivity index (χ4n) is 1.93. The van der Waals surface area contributed by atoms with E-state index < -0.39 is 5.97 Å². The van der Waals surface area contributed by atoms with Gasteiger partial charge < -0.3 is 5.11 Å². The van der Waals surface area contributed by atoms with Gasteiger partial charge in [-0.25, -0.2) is 14.3 Å². The van der Waals surface area contributed by atoms with Gasteiger partial charge in [-0.05, 0) is 5.56 Å². The number of aromatic nitrogens is 3. The highest BCUT2D eigenvalue weighted by Crippen LogP contribution is 2.10. The van der Waals surface area contributed by atoms with Gasteiger partial charge in [0, 0.05) is 24.9 Å². The van der Waals surface area contributed by atoms with Crippen LogP contribution in [-0.4, -0.2) is 25.7 Å². The molecule has 2 aromatic heterocycles. The van der Waals surface area contributed by atoms with Crippen LogP contribution in [0.15, 0.2) is 48.8 Å². The van der Waals surface area contributed by atoms with Crippen LogP contribution in [-0.2, 0) is 6.42 Å². The Balaban J connectivity index is 1.95. The van der Waals surface area contributed by atoms with Crippen molar-refractivity contribution in [3.05, 3.63) is 65.6 Å². The summed E-state index contributed by atoms with van der Waals surface area (Å²) < 4.78 is 1.50. The normalized spacial score (nSPS) is 10.7. The molecule has 0 saturated carbocycles. The fraction of sp³-hybridized carbons (Fsp3) is 0.0714. The van der Waals surface area contributed by atoms with Gasteiger partial charge in [0.25, 0.3) is 0 Å². The number of carbonyl (C=O) groups is 1. The third-order valence-electron chi connectivity index (χ3n) is 2.84. The van der Waals surface area contributed by atoms with Gasteiger partial charge in [-0.2, -0.15) is 5.10 Å². The first-order chi connectivity index (χ1) is 9.22. The van der Waals surface area contributed by atoms with Crippen LogP contribution in [0.4, 0.5) is 0 Å². The molecule has 0 aliphatic carbocycles. The third kappa shape index (κ3) is 2.30. The molecule has 0 unspecified atom stereocenters. The van der Waals surface area contributed by atoms with Crippen LogP contribution < -0.4 is 0 Å². The zero-order chi connectivity index (χ0) is 13.2. The highest BCUT2D eigenvalue weighted by molar-refractivity contribution is 5.87. The van der Waals surface area contributed by atoms with Crippen molar-refractivity contribution < 1.29 is 9.90 Å². The molecule has 0 spiro atoms. The number of hydrogen-bond donors (Lipinski definition) is 1. The summed E-state index contributed by atoms with van der Waals surface area (Å²) in [5.74, 6) is -1.01. The molecule has 1 aromatic carbocycles. The first-order valence-electron chi connectivity index (χ1n) is 5.84. The first-order valence-corrected chi connectivity index (χ1v) is 5.84. The molecular weight excluding hydrogens is 242 g/mol. The molecular formula is C14H11N3O2. The fourth-order valence-corrected chi connectivity index (χ4v) is 1.93. The van der Waals surface area contributed by atoms with Crippen LogP contribution >= 0.6 is 0 Å². The summed E-state index contributed by atoms with van der Waals surface area (Å²) in [6.07, 6.45) is 3.51. The zero-order valence-electron chi connectivity index (χ0n) is 10.0. The van der Waals surface area contributed by atoms with Crippen molar-refractivity contribution in [2.45, 2.75) is 6.42 Å². The Labute approximate surface area is 109 Å². The first kappa shape index (κ1) is 11.4. The van der Waals surface area contributed by atoms with Crippen LogP contribution in [0, 0.1) is 0 Å². The molecule has 0 fully saturated rings. The zero-order valence-corrected chi connectivity index (χ0v) is 10.0. The quantitative estimate of drug-likeness (QED) is 0.775. The van der Waals surface area contributed by atoms with Crippen LogP contribution in [0.3, 0.4) is 0 Å². The van der Waals surface area contributed by atoms with Crippen molar-refractivity contribution in [3.63, 3.8) is 0 Å². The van der Waals surface area contributed by atoms with E-state index in [4.69, 9.17) is 5.11 Å². The Hall–Kier alpha value is -2.69. The van der Waals surface area contributed by atoms with Gasteiger partial charge in [-0.3, -0.25) is 0 Å². The summed E-state index contributed by atoms with van der Waals surface area (Å²) in [5.41, 5.74) is 2.79. The lowest BCUT2D eigenvalue weighted by Crippen LogP contribution is -2.01. The highest BCUT2D eigenvalue weighted by atomic mass is 16.4. The summed E-state index contributed by atoms with van der Waals surface area (Å²) in [6.45, 7) is 0. The highest BCUT2D eigenvalue weighted by Gasteiger charge is 2.08. The smallest absolute Gasteiger partial charge is 0.338 e. The molecule has 1 N–H and O–H groups in total. The molecule has 0 aliphatic heterocycles. The minimum atomic E-state index is -1.01. The Morgan fingerprint density at radius 3 is 2.79 bits per heavy atom. The minimum Gasteiger partial charge on any atom is -0.478 e. The standard InChI is InChI=1S/C14H11N3O2/c18-14(19)11-8-15-13-7-12(16-17(13)9-11)6-10-4-2-1-3-5-10/h1-5,7-9H,6H2,(H,18,19). The molecule has 0 atom stereocenters. The van der Waals surface area contributed by atoms with E-state index in [1.807, 2.05) is 36.4 Å². The van der Waals surface area contributed by atoms with Crippen LogP contribution in [0.1, 0.15) is 21.6 Å². The summed E-state index contributed by atoms with van der Waals surface area (Å²) in [6, 6.07) is 11.8. The van der Waals surface area contributed by atoms with E-state index in [0.29, 0.717) is 12.1 Å². The van der Waals surface area contributed by atoms with E-state index in [1.54, 1.807) is 0 Å². The number of aromatic carboxylic acids is 1. The van der Waals surface area contributed by atoms with E-state index >= 15 is 0 Å². The molecule has 5 heteroatoms. The molecule has 2 heterocycles. The van der Waals surface area contributed by atoms with Gasteiger partial charge in [-0.1, -0.05) is 30.3 Å². The van der Waals surface area contributed by atoms with Crippen molar-refractivity contribution in [2.75, 3.05) is 0 Å². The maximum absolute atomic E-state index is 10.9. The number of rotatable bonds is 3. The Bertz CT molecular complexity index is 735. The number of fused-ring (bicyclic) bond motifs is 1. The largest absolute Gasteiger partial charge is 0.478 e. The van der Waals surface area contributed by atoms with Gasteiger partial charge >= 0.3 is 5.97 Å². The van der Waals surface area contributed by atoms with Crippen LogP contribution in [0.5, 0.6) is 0 Å². The van der Waals surface area contributed by atoms with E-state index in [0.717, 1.165) is 11.3 Å². The van der Waals surface area contributed by atoms with Gasteiger partial charge in [0.05, 0.1) is 11.3 Å². The summed E-state index contributed by atoms with van der Waals surface area (Å²) >= 11 is 0. The molecule has 3 aromatic rings. The van der Waals surface area contributed by atoms with Gasteiger partial charge in [0.15, 0.2) is 5.65 Å². The maximum Gasteiger partial charge on any atom is 0.338 e. The van der Waals surface area contributed by atoms with E-state index in [-0.39, 0.29) is 5.56 Å². The number of carboxylic acids is 1. The third-order valence-corrected chi connectivity index (χ3v) is 2.84. The van der Waals surface area contributed by atoms with Gasteiger partial charge in [-0.15, -0.1) is 0 Å². The van der Waals surface area contributed by atoms with Gasteiger partial charge in [0.2, 0.25) is 0 Å². The van der Waals surface area contributed by atoms with E-state index in [9.17, 15) is 4.79 Å². The second-order valence-corrected chi connectivity index (χ2v) is 4.25. The van der Waals surface area contributed by atoms with E-state index in [1.165, 1.54) is 16.9 Å². The number of benzene rings is 1. The van der Waals surface area contributed by atoms with Crippen molar-refractivity contribution in [1.29, 1.82) is 0 Å². The van der Waals surface area contributed by atoms with Crippen molar-refractivity contribution in [3.8, 4) is 0 Å². The number of nitrogens with zero attached hydrogens (tertiary/aromatic N) is 3. The number of carboxylic acid groups (broad SMARTS) is 1. The summed E-state index contributed by atoms with van der Waals surface area (Å²) in [7, 11) is 0. The SMILES string of the molecule is O=C(O)c1cnc2cc(Cc3ccccc3)nn2c1. The second-order valence-electron chi connectivity index (χ2n) is 4.25. The molecule has 19 heavy (non-hydrogen) atoms. The molecule has 0 amide bonds. The monoisotopic (exact) mass is 253 g/mol. The average molecular weight is 253 g/mol. The van der Waals surface area contributed by atoms with Crippen molar-refractivity contribution in [1.82, 2.24) is 14.6 Å². The second kappa shape index (κ2) is 4.53. The van der Waals surface area contributed by atoms with E-state index in [2.05, 4.69) is 10.1 Å². The molecule has 0 radical (unpaired) electrons. The Kier molecular flexibility index (Phi) is 2.72. The lowest BCUT2D eigenvalue weighted by molar-refractivity contribution is 0.0695. The maximum atomic E-state index is 10.9. The lowest BCUT2D eigenvalue weighted by atomic mass is 10.1. The molecule has 0 aliphatic rings. The lowest BCUT2D eigenvalue weighted by Gasteiger charge is -1.96. The molecule has 0 saturated heterocycles. The van der Waals surface area contributed by atoms with Gasteiger partial charge in [0.1, 0.15) is 0 Å².